The molecule has 0 aliphatic rings. The van der Waals surface area contributed by atoms with Crippen LogP contribution < -0.4 is 11.1 Å². The van der Waals surface area contributed by atoms with E-state index in [4.69, 9.17) is 4.42 Å². The summed E-state index contributed by atoms with van der Waals surface area (Å²) in [6, 6.07) is 18.2. The van der Waals surface area contributed by atoms with Gasteiger partial charge in [0.1, 0.15) is 5.58 Å². The van der Waals surface area contributed by atoms with Crippen molar-refractivity contribution in [1.29, 1.82) is 0 Å². The van der Waals surface area contributed by atoms with Gasteiger partial charge in [-0.3, -0.25) is 14.9 Å². The zero-order valence-corrected chi connectivity index (χ0v) is 15.8. The van der Waals surface area contributed by atoms with E-state index in [1.165, 1.54) is 24.3 Å². The van der Waals surface area contributed by atoms with Crippen LogP contribution in [0.25, 0.3) is 21.7 Å². The average Bonchev–Trinajstić information content (AvgIpc) is 2.76. The highest BCUT2D eigenvalue weighted by atomic mass is 16.6. The third-order valence-electron chi connectivity index (χ3n) is 4.70. The van der Waals surface area contributed by atoms with Gasteiger partial charge in [0.25, 0.3) is 11.6 Å². The van der Waals surface area contributed by atoms with E-state index >= 15 is 0 Å². The van der Waals surface area contributed by atoms with Crippen LogP contribution in [-0.2, 0) is 0 Å². The van der Waals surface area contributed by atoms with Crippen LogP contribution >= 0.6 is 0 Å². The molecular formula is C22H15N3O5. The Balaban J connectivity index is 1.65. The van der Waals surface area contributed by atoms with Gasteiger partial charge in [-0.15, -0.1) is 0 Å². The number of nitro benzene ring substituents is 1. The van der Waals surface area contributed by atoms with Gasteiger partial charge >= 0.3 is 5.63 Å². The van der Waals surface area contributed by atoms with E-state index in [0.29, 0.717) is 5.58 Å². The lowest BCUT2D eigenvalue weighted by Crippen LogP contribution is -2.21. The van der Waals surface area contributed by atoms with Crippen LogP contribution in [0.5, 0.6) is 0 Å². The molecule has 0 aliphatic carbocycles. The maximum Gasteiger partial charge on any atom is 0.345 e. The fourth-order valence-corrected chi connectivity index (χ4v) is 3.12. The summed E-state index contributed by atoms with van der Waals surface area (Å²) in [6.07, 6.45) is 0. The number of nitrogens with zero attached hydrogens (tertiary/aromatic N) is 2. The molecule has 0 unspecified atom stereocenters. The first kappa shape index (κ1) is 19.0. The number of rotatable bonds is 4. The highest BCUT2D eigenvalue weighted by molar-refractivity contribution is 6.09. The van der Waals surface area contributed by atoms with Crippen molar-refractivity contribution < 1.29 is 14.1 Å². The van der Waals surface area contributed by atoms with Crippen molar-refractivity contribution in [3.05, 3.63) is 98.4 Å². The molecule has 148 valence electrons. The van der Waals surface area contributed by atoms with Gasteiger partial charge in [-0.25, -0.2) is 10.2 Å². The van der Waals surface area contributed by atoms with Crippen LogP contribution in [0.2, 0.25) is 0 Å². The maximum atomic E-state index is 12.4. The second-order valence-corrected chi connectivity index (χ2v) is 6.59. The minimum absolute atomic E-state index is 0.118. The molecule has 4 rings (SSSR count). The fraction of sp³-hybridized carbons (Fsp3) is 0.0455. The number of nitro groups is 1. The number of hydrazone groups is 1. The largest absolute Gasteiger partial charge is 0.422 e. The summed E-state index contributed by atoms with van der Waals surface area (Å²) in [6.45, 7) is 1.58. The Bertz CT molecular complexity index is 1390. The number of benzene rings is 3. The first-order valence-electron chi connectivity index (χ1n) is 8.99. The van der Waals surface area contributed by atoms with Crippen LogP contribution in [0.3, 0.4) is 0 Å². The molecule has 8 heteroatoms. The number of hydrogen-bond donors (Lipinski definition) is 1. The predicted octanol–water partition coefficient (Wildman–Crippen LogP) is 4.01. The van der Waals surface area contributed by atoms with Crippen molar-refractivity contribution in [2.45, 2.75) is 6.92 Å². The molecule has 30 heavy (non-hydrogen) atoms. The molecule has 0 radical (unpaired) electrons. The number of hydrogen-bond acceptors (Lipinski definition) is 6. The van der Waals surface area contributed by atoms with Gasteiger partial charge in [-0.05, 0) is 42.0 Å². The van der Waals surface area contributed by atoms with Gasteiger partial charge in [-0.1, -0.05) is 30.3 Å². The van der Waals surface area contributed by atoms with E-state index in [2.05, 4.69) is 10.5 Å². The zero-order chi connectivity index (χ0) is 21.3. The van der Waals surface area contributed by atoms with Crippen LogP contribution in [0.4, 0.5) is 5.69 Å². The number of non-ortho nitro benzene ring substituents is 1. The molecule has 4 aromatic rings. The number of amides is 1. The molecule has 1 amide bonds. The molecule has 0 saturated heterocycles. The molecule has 1 heterocycles. The third kappa shape index (κ3) is 3.53. The average molecular weight is 401 g/mol. The number of carbonyl (C=O) groups is 1. The number of fused-ring (bicyclic) bond motifs is 3. The van der Waals surface area contributed by atoms with Gasteiger partial charge in [-0.2, -0.15) is 5.10 Å². The molecule has 8 nitrogen and oxygen atoms in total. The van der Waals surface area contributed by atoms with Crippen molar-refractivity contribution in [2.24, 2.45) is 5.10 Å². The first-order valence-corrected chi connectivity index (χ1v) is 8.99. The van der Waals surface area contributed by atoms with E-state index in [1.807, 2.05) is 30.3 Å². The Hall–Kier alpha value is -4.33. The highest BCUT2D eigenvalue weighted by Gasteiger charge is 2.12. The summed E-state index contributed by atoms with van der Waals surface area (Å²) >= 11 is 0. The topological polar surface area (TPSA) is 115 Å². The van der Waals surface area contributed by atoms with Crippen LogP contribution in [-0.4, -0.2) is 16.5 Å². The van der Waals surface area contributed by atoms with Crippen LogP contribution in [0.15, 0.2) is 81.0 Å². The third-order valence-corrected chi connectivity index (χ3v) is 4.70. The number of carbonyl (C=O) groups excluding carboxylic acids is 1. The Kier molecular flexibility index (Phi) is 4.81. The zero-order valence-electron chi connectivity index (χ0n) is 15.8. The summed E-state index contributed by atoms with van der Waals surface area (Å²) in [7, 11) is 0. The van der Waals surface area contributed by atoms with Gasteiger partial charge in [0.2, 0.25) is 0 Å². The molecule has 0 spiro atoms. The summed E-state index contributed by atoms with van der Waals surface area (Å²) in [5, 5.41) is 17.4. The molecule has 1 aromatic heterocycles. The Morgan fingerprint density at radius 1 is 1.03 bits per heavy atom. The molecule has 0 saturated carbocycles. The Morgan fingerprint density at radius 2 is 1.77 bits per heavy atom. The van der Waals surface area contributed by atoms with E-state index in [1.54, 1.807) is 19.1 Å². The Labute approximate surface area is 169 Å². The molecule has 0 atom stereocenters. The van der Waals surface area contributed by atoms with Gasteiger partial charge in [0, 0.05) is 23.1 Å². The minimum atomic E-state index is -0.566. The highest BCUT2D eigenvalue weighted by Crippen LogP contribution is 2.25. The molecule has 1 N–H and O–H groups in total. The summed E-state index contributed by atoms with van der Waals surface area (Å²) in [5.74, 6) is -0.556. The quantitative estimate of drug-likeness (QED) is 0.182. The van der Waals surface area contributed by atoms with Gasteiger partial charge < -0.3 is 4.42 Å². The van der Waals surface area contributed by atoms with Crippen LogP contribution in [0.1, 0.15) is 22.8 Å². The van der Waals surface area contributed by atoms with Crippen molar-refractivity contribution in [3.63, 3.8) is 0 Å². The normalized spacial score (nSPS) is 11.6. The second-order valence-electron chi connectivity index (χ2n) is 6.59. The standard InChI is InChI=1S/C22H15N3O5/c1-13(23-24-21(26)15-6-9-16(10-7-15)25(28)29)18-12-19-17-5-3-2-4-14(17)8-11-20(19)30-22(18)27/h2-12H,1H3,(H,24,26)/b23-13-. The summed E-state index contributed by atoms with van der Waals surface area (Å²) < 4.78 is 5.44. The SMILES string of the molecule is C/C(=N/NC(=O)c1ccc([N+](=O)[O-])cc1)c1cc2c(ccc3ccccc32)oc1=O. The first-order chi connectivity index (χ1) is 14.4. The second kappa shape index (κ2) is 7.59. The smallest absolute Gasteiger partial charge is 0.345 e. The van der Waals surface area contributed by atoms with Gasteiger partial charge in [0.05, 0.1) is 16.2 Å². The van der Waals surface area contributed by atoms with Crippen molar-refractivity contribution in [3.8, 4) is 0 Å². The summed E-state index contributed by atoms with van der Waals surface area (Å²) in [4.78, 5) is 34.8. The molecule has 3 aromatic carbocycles. The van der Waals surface area contributed by atoms with Crippen LogP contribution in [0, 0.1) is 10.1 Å². The monoisotopic (exact) mass is 401 g/mol. The van der Waals surface area contributed by atoms with Crippen molar-refractivity contribution in [2.75, 3.05) is 0 Å². The molecule has 0 fully saturated rings. The van der Waals surface area contributed by atoms with E-state index in [9.17, 15) is 19.7 Å². The maximum absolute atomic E-state index is 12.4. The Morgan fingerprint density at radius 3 is 2.50 bits per heavy atom. The van der Waals surface area contributed by atoms with E-state index < -0.39 is 16.5 Å². The van der Waals surface area contributed by atoms with Gasteiger partial charge in [0.15, 0.2) is 0 Å². The molecular weight excluding hydrogens is 386 g/mol. The van der Waals surface area contributed by atoms with E-state index in [0.717, 1.165) is 16.2 Å². The summed E-state index contributed by atoms with van der Waals surface area (Å²) in [5.41, 5.74) is 2.84. The van der Waals surface area contributed by atoms with Crippen molar-refractivity contribution >= 4 is 39.0 Å². The van der Waals surface area contributed by atoms with E-state index in [-0.39, 0.29) is 22.5 Å². The lowest BCUT2D eigenvalue weighted by molar-refractivity contribution is -0.384. The fourth-order valence-electron chi connectivity index (χ4n) is 3.12. The number of nitrogens with one attached hydrogen (secondary N) is 1. The van der Waals surface area contributed by atoms with Crippen molar-refractivity contribution in [1.82, 2.24) is 5.43 Å². The lowest BCUT2D eigenvalue weighted by Gasteiger charge is -2.06. The molecule has 0 bridgehead atoms. The molecule has 0 aliphatic heterocycles. The predicted molar refractivity (Wildman–Crippen MR) is 113 cm³/mol. The minimum Gasteiger partial charge on any atom is -0.422 e. The lowest BCUT2D eigenvalue weighted by atomic mass is 10.0.